The van der Waals surface area contributed by atoms with Crippen molar-refractivity contribution in [2.75, 3.05) is 0 Å². The molecule has 1 unspecified atom stereocenters. The Labute approximate surface area is 104 Å². The number of benzene rings is 1. The van der Waals surface area contributed by atoms with Crippen LogP contribution in [0.2, 0.25) is 0 Å². The van der Waals surface area contributed by atoms with Crippen molar-refractivity contribution >= 4 is 5.97 Å². The lowest BCUT2D eigenvalue weighted by Gasteiger charge is -2.16. The van der Waals surface area contributed by atoms with Crippen LogP contribution in [-0.2, 0) is 4.79 Å². The lowest BCUT2D eigenvalue weighted by molar-refractivity contribution is -0.137. The summed E-state index contributed by atoms with van der Waals surface area (Å²) in [4.78, 5) is 10.7. The molecular weight excluding hydrogens is 212 g/mol. The Morgan fingerprint density at radius 2 is 1.88 bits per heavy atom. The van der Waals surface area contributed by atoms with Crippen LogP contribution in [0, 0.1) is 0 Å². The summed E-state index contributed by atoms with van der Waals surface area (Å²) in [6, 6.07) is 10.3. The summed E-state index contributed by atoms with van der Waals surface area (Å²) < 4.78 is 0. The van der Waals surface area contributed by atoms with Gasteiger partial charge in [0, 0.05) is 6.42 Å². The average molecular weight is 234 g/mol. The number of aliphatic carboxylic acids is 1. The predicted molar refractivity (Wildman–Crippen MR) is 70.2 cm³/mol. The standard InChI is InChI=1S/C15H22O2/c1-2-3-5-8-14(11-12-15(16)17)13-9-6-4-7-10-13/h4,6-7,9-10,14H,2-3,5,8,11-12H2,1H3,(H,16,17). The summed E-state index contributed by atoms with van der Waals surface area (Å²) in [5.41, 5.74) is 1.28. The van der Waals surface area contributed by atoms with Crippen LogP contribution in [0.15, 0.2) is 30.3 Å². The van der Waals surface area contributed by atoms with Gasteiger partial charge in [0.25, 0.3) is 0 Å². The minimum atomic E-state index is -0.693. The Balaban J connectivity index is 2.55. The average Bonchev–Trinajstić information content (AvgIpc) is 2.34. The van der Waals surface area contributed by atoms with Crippen LogP contribution in [-0.4, -0.2) is 11.1 Å². The summed E-state index contributed by atoms with van der Waals surface area (Å²) in [7, 11) is 0. The fourth-order valence-electron chi connectivity index (χ4n) is 2.14. The number of unbranched alkanes of at least 4 members (excludes halogenated alkanes) is 2. The molecule has 0 aromatic heterocycles. The molecule has 0 aliphatic rings. The zero-order valence-electron chi connectivity index (χ0n) is 10.6. The van der Waals surface area contributed by atoms with Gasteiger partial charge in [-0.3, -0.25) is 4.79 Å². The van der Waals surface area contributed by atoms with Gasteiger partial charge < -0.3 is 5.11 Å². The second-order valence-corrected chi connectivity index (χ2v) is 4.54. The van der Waals surface area contributed by atoms with Gasteiger partial charge in [-0.1, -0.05) is 56.5 Å². The maximum atomic E-state index is 10.7. The molecule has 17 heavy (non-hydrogen) atoms. The minimum absolute atomic E-state index is 0.270. The summed E-state index contributed by atoms with van der Waals surface area (Å²) >= 11 is 0. The molecule has 0 amide bonds. The van der Waals surface area contributed by atoms with E-state index in [9.17, 15) is 4.79 Å². The molecule has 94 valence electrons. The van der Waals surface area contributed by atoms with Crippen molar-refractivity contribution in [3.8, 4) is 0 Å². The van der Waals surface area contributed by atoms with Crippen molar-refractivity contribution in [2.24, 2.45) is 0 Å². The van der Waals surface area contributed by atoms with Crippen molar-refractivity contribution < 1.29 is 9.90 Å². The highest BCUT2D eigenvalue weighted by Gasteiger charge is 2.12. The molecule has 0 spiro atoms. The van der Waals surface area contributed by atoms with Crippen LogP contribution >= 0.6 is 0 Å². The van der Waals surface area contributed by atoms with E-state index in [1.165, 1.54) is 24.8 Å². The third-order valence-electron chi connectivity index (χ3n) is 3.13. The Hall–Kier alpha value is -1.31. The van der Waals surface area contributed by atoms with Gasteiger partial charge in [0.15, 0.2) is 0 Å². The summed E-state index contributed by atoms with van der Waals surface area (Å²) in [6.07, 6.45) is 5.76. The molecule has 1 aromatic rings. The first kappa shape index (κ1) is 13.8. The SMILES string of the molecule is CCCCCC(CCC(=O)O)c1ccccc1. The first-order chi connectivity index (χ1) is 8.24. The van der Waals surface area contributed by atoms with E-state index >= 15 is 0 Å². The van der Waals surface area contributed by atoms with E-state index in [0.717, 1.165) is 12.8 Å². The third-order valence-corrected chi connectivity index (χ3v) is 3.13. The van der Waals surface area contributed by atoms with Gasteiger partial charge in [-0.25, -0.2) is 0 Å². The van der Waals surface area contributed by atoms with E-state index in [0.29, 0.717) is 5.92 Å². The molecule has 1 N–H and O–H groups in total. The van der Waals surface area contributed by atoms with Crippen LogP contribution in [0.25, 0.3) is 0 Å². The number of carboxylic acids is 1. The van der Waals surface area contributed by atoms with Gasteiger partial charge in [0.1, 0.15) is 0 Å². The van der Waals surface area contributed by atoms with Gasteiger partial charge >= 0.3 is 5.97 Å². The van der Waals surface area contributed by atoms with Crippen LogP contribution < -0.4 is 0 Å². The van der Waals surface area contributed by atoms with E-state index in [4.69, 9.17) is 5.11 Å². The van der Waals surface area contributed by atoms with Gasteiger partial charge in [0.05, 0.1) is 0 Å². The van der Waals surface area contributed by atoms with Crippen LogP contribution in [0.3, 0.4) is 0 Å². The predicted octanol–water partition coefficient (Wildman–Crippen LogP) is 4.22. The number of hydrogen-bond donors (Lipinski definition) is 1. The Kier molecular flexibility index (Phi) is 6.38. The number of carboxylic acid groups (broad SMARTS) is 1. The van der Waals surface area contributed by atoms with E-state index in [2.05, 4.69) is 19.1 Å². The highest BCUT2D eigenvalue weighted by molar-refractivity contribution is 5.66. The van der Waals surface area contributed by atoms with Crippen molar-refractivity contribution in [3.05, 3.63) is 35.9 Å². The normalized spacial score (nSPS) is 12.3. The lowest BCUT2D eigenvalue weighted by Crippen LogP contribution is -2.03. The molecule has 1 rings (SSSR count). The quantitative estimate of drug-likeness (QED) is 0.684. The van der Waals surface area contributed by atoms with Gasteiger partial charge in [0.2, 0.25) is 0 Å². The van der Waals surface area contributed by atoms with Crippen LogP contribution in [0.1, 0.15) is 56.9 Å². The minimum Gasteiger partial charge on any atom is -0.481 e. The molecule has 1 atom stereocenters. The fourth-order valence-corrected chi connectivity index (χ4v) is 2.14. The Morgan fingerprint density at radius 1 is 1.18 bits per heavy atom. The monoisotopic (exact) mass is 234 g/mol. The molecule has 0 radical (unpaired) electrons. The second kappa shape index (κ2) is 7.88. The fraction of sp³-hybridized carbons (Fsp3) is 0.533. The summed E-state index contributed by atoms with van der Waals surface area (Å²) in [5, 5.41) is 8.78. The van der Waals surface area contributed by atoms with Gasteiger partial charge in [-0.2, -0.15) is 0 Å². The van der Waals surface area contributed by atoms with Crippen molar-refractivity contribution in [1.82, 2.24) is 0 Å². The molecular formula is C15H22O2. The molecule has 0 saturated carbocycles. The first-order valence-corrected chi connectivity index (χ1v) is 6.50. The van der Waals surface area contributed by atoms with E-state index < -0.39 is 5.97 Å². The zero-order valence-corrected chi connectivity index (χ0v) is 10.6. The van der Waals surface area contributed by atoms with Crippen molar-refractivity contribution in [2.45, 2.75) is 51.4 Å². The second-order valence-electron chi connectivity index (χ2n) is 4.54. The topological polar surface area (TPSA) is 37.3 Å². The Morgan fingerprint density at radius 3 is 2.47 bits per heavy atom. The molecule has 0 aliphatic carbocycles. The molecule has 2 nitrogen and oxygen atoms in total. The largest absolute Gasteiger partial charge is 0.481 e. The van der Waals surface area contributed by atoms with Crippen molar-refractivity contribution in [3.63, 3.8) is 0 Å². The number of hydrogen-bond acceptors (Lipinski definition) is 1. The Bertz CT molecular complexity index is 319. The molecule has 1 aromatic carbocycles. The van der Waals surface area contributed by atoms with Crippen molar-refractivity contribution in [1.29, 1.82) is 0 Å². The molecule has 0 saturated heterocycles. The molecule has 0 aliphatic heterocycles. The molecule has 2 heteroatoms. The van der Waals surface area contributed by atoms with E-state index in [-0.39, 0.29) is 6.42 Å². The highest BCUT2D eigenvalue weighted by atomic mass is 16.4. The third kappa shape index (κ3) is 5.53. The lowest BCUT2D eigenvalue weighted by atomic mass is 9.89. The highest BCUT2D eigenvalue weighted by Crippen LogP contribution is 2.27. The van der Waals surface area contributed by atoms with Crippen LogP contribution in [0.5, 0.6) is 0 Å². The number of rotatable bonds is 8. The molecule has 0 heterocycles. The summed E-state index contributed by atoms with van der Waals surface area (Å²) in [6.45, 7) is 2.19. The zero-order chi connectivity index (χ0) is 12.5. The smallest absolute Gasteiger partial charge is 0.303 e. The van der Waals surface area contributed by atoms with E-state index in [1.807, 2.05) is 18.2 Å². The maximum Gasteiger partial charge on any atom is 0.303 e. The molecule has 0 bridgehead atoms. The summed E-state index contributed by atoms with van der Waals surface area (Å²) in [5.74, 6) is -0.291. The maximum absolute atomic E-state index is 10.7. The molecule has 0 fully saturated rings. The van der Waals surface area contributed by atoms with Gasteiger partial charge in [-0.15, -0.1) is 0 Å². The van der Waals surface area contributed by atoms with E-state index in [1.54, 1.807) is 0 Å². The first-order valence-electron chi connectivity index (χ1n) is 6.50. The number of carbonyl (C=O) groups is 1. The van der Waals surface area contributed by atoms with Crippen LogP contribution in [0.4, 0.5) is 0 Å². The van der Waals surface area contributed by atoms with Gasteiger partial charge in [-0.05, 0) is 24.3 Å².